The van der Waals surface area contributed by atoms with E-state index >= 15 is 0 Å². The van der Waals surface area contributed by atoms with Crippen LogP contribution in [0.15, 0.2) is 28.7 Å². The zero-order chi connectivity index (χ0) is 13.4. The van der Waals surface area contributed by atoms with Crippen molar-refractivity contribution in [2.75, 3.05) is 25.5 Å². The Hall–Kier alpha value is -1.11. The lowest BCUT2D eigenvalue weighted by atomic mass is 10.3. The number of amides is 2. The van der Waals surface area contributed by atoms with Gasteiger partial charge in [0.05, 0.1) is 6.54 Å². The highest BCUT2D eigenvalue weighted by molar-refractivity contribution is 9.10. The lowest BCUT2D eigenvalue weighted by Crippen LogP contribution is -2.34. The monoisotopic (exact) mass is 349 g/mol. The molecule has 106 valence electrons. The Morgan fingerprint density at radius 2 is 1.79 bits per heavy atom. The highest BCUT2D eigenvalue weighted by atomic mass is 79.9. The Morgan fingerprint density at radius 3 is 2.37 bits per heavy atom. The minimum absolute atomic E-state index is 0. The third-order valence-electron chi connectivity index (χ3n) is 2.18. The smallest absolute Gasteiger partial charge is 0.243 e. The summed E-state index contributed by atoms with van der Waals surface area (Å²) in [5.41, 5.74) is 0.702. The fourth-order valence-corrected chi connectivity index (χ4v) is 1.51. The highest BCUT2D eigenvalue weighted by Gasteiger charge is 2.05. The average Bonchev–Trinajstić information content (AvgIpc) is 2.36. The fraction of sp³-hybridized carbons (Fsp3) is 0.333. The largest absolute Gasteiger partial charge is 0.347 e. The molecular formula is C12H17BrClN3O2. The minimum atomic E-state index is -0.241. The summed E-state index contributed by atoms with van der Waals surface area (Å²) in [4.78, 5) is 22.8. The molecule has 1 rings (SSSR count). The van der Waals surface area contributed by atoms with Gasteiger partial charge in [0.25, 0.3) is 0 Å². The van der Waals surface area contributed by atoms with Gasteiger partial charge in [-0.2, -0.15) is 0 Å². The van der Waals surface area contributed by atoms with E-state index in [1.165, 1.54) is 0 Å². The van der Waals surface area contributed by atoms with E-state index in [0.717, 1.165) is 4.47 Å². The van der Waals surface area contributed by atoms with Crippen molar-refractivity contribution < 1.29 is 9.59 Å². The molecule has 19 heavy (non-hydrogen) atoms. The molecule has 0 saturated heterocycles. The van der Waals surface area contributed by atoms with E-state index in [1.54, 1.807) is 19.2 Å². The standard InChI is InChI=1S/C12H16BrN3O2.ClH/c1-14-7-6-11(17)15-8-12(18)16-10-4-2-9(13)3-5-10;/h2-5,14H,6-8H2,1H3,(H,15,17)(H,16,18);1H. The van der Waals surface area contributed by atoms with Gasteiger partial charge in [-0.3, -0.25) is 9.59 Å². The van der Waals surface area contributed by atoms with E-state index in [-0.39, 0.29) is 30.8 Å². The van der Waals surface area contributed by atoms with Crippen LogP contribution >= 0.6 is 28.3 Å². The normalized spacial score (nSPS) is 9.37. The summed E-state index contributed by atoms with van der Waals surface area (Å²) in [6.07, 6.45) is 0.363. The molecule has 0 bridgehead atoms. The first-order valence-electron chi connectivity index (χ1n) is 5.58. The molecule has 2 amide bonds. The van der Waals surface area contributed by atoms with E-state index in [2.05, 4.69) is 31.9 Å². The van der Waals surface area contributed by atoms with Gasteiger partial charge in [0.2, 0.25) is 11.8 Å². The number of carbonyl (C=O) groups excluding carboxylic acids is 2. The van der Waals surface area contributed by atoms with E-state index in [9.17, 15) is 9.59 Å². The zero-order valence-electron chi connectivity index (χ0n) is 10.5. The second kappa shape index (κ2) is 9.77. The first-order valence-corrected chi connectivity index (χ1v) is 6.38. The van der Waals surface area contributed by atoms with Crippen molar-refractivity contribution in [1.82, 2.24) is 10.6 Å². The van der Waals surface area contributed by atoms with Crippen LogP contribution in [0.2, 0.25) is 0 Å². The Bertz CT molecular complexity index is 412. The maximum Gasteiger partial charge on any atom is 0.243 e. The van der Waals surface area contributed by atoms with Crippen LogP contribution in [-0.4, -0.2) is 32.0 Å². The van der Waals surface area contributed by atoms with E-state index in [4.69, 9.17) is 0 Å². The number of rotatable bonds is 6. The van der Waals surface area contributed by atoms with Crippen molar-refractivity contribution in [2.24, 2.45) is 0 Å². The minimum Gasteiger partial charge on any atom is -0.347 e. The molecule has 1 aromatic carbocycles. The molecule has 0 heterocycles. The molecule has 0 aliphatic rings. The average molecular weight is 351 g/mol. The van der Waals surface area contributed by atoms with Crippen molar-refractivity contribution in [3.8, 4) is 0 Å². The van der Waals surface area contributed by atoms with E-state index < -0.39 is 0 Å². The van der Waals surface area contributed by atoms with E-state index in [0.29, 0.717) is 18.7 Å². The third-order valence-corrected chi connectivity index (χ3v) is 2.70. The van der Waals surface area contributed by atoms with Gasteiger partial charge in [0, 0.05) is 23.1 Å². The fourth-order valence-electron chi connectivity index (χ4n) is 1.24. The second-order valence-electron chi connectivity index (χ2n) is 3.69. The van der Waals surface area contributed by atoms with Crippen molar-refractivity contribution in [2.45, 2.75) is 6.42 Å². The summed E-state index contributed by atoms with van der Waals surface area (Å²) in [6.45, 7) is 0.582. The number of carbonyl (C=O) groups is 2. The van der Waals surface area contributed by atoms with E-state index in [1.807, 2.05) is 12.1 Å². The van der Waals surface area contributed by atoms with Gasteiger partial charge < -0.3 is 16.0 Å². The topological polar surface area (TPSA) is 70.2 Å². The summed E-state index contributed by atoms with van der Waals surface area (Å²) in [6, 6.07) is 7.23. The van der Waals surface area contributed by atoms with Crippen LogP contribution in [0.3, 0.4) is 0 Å². The Balaban J connectivity index is 0.00000324. The molecule has 0 fully saturated rings. The number of nitrogens with one attached hydrogen (secondary N) is 3. The first kappa shape index (κ1) is 17.9. The summed E-state index contributed by atoms with van der Waals surface area (Å²) < 4.78 is 0.945. The van der Waals surface area contributed by atoms with Crippen LogP contribution in [0.25, 0.3) is 0 Å². The van der Waals surface area contributed by atoms with Crippen molar-refractivity contribution in [1.29, 1.82) is 0 Å². The molecule has 5 nitrogen and oxygen atoms in total. The summed E-state index contributed by atoms with van der Waals surface area (Å²) in [5.74, 6) is -0.384. The van der Waals surface area contributed by atoms with Gasteiger partial charge in [0.15, 0.2) is 0 Å². The Kier molecular flexibility index (Phi) is 9.20. The number of hydrogen-bond acceptors (Lipinski definition) is 3. The predicted octanol–water partition coefficient (Wildman–Crippen LogP) is 1.54. The van der Waals surface area contributed by atoms with Gasteiger partial charge >= 0.3 is 0 Å². The Morgan fingerprint density at radius 1 is 1.16 bits per heavy atom. The number of anilines is 1. The van der Waals surface area contributed by atoms with Crippen molar-refractivity contribution >= 4 is 45.8 Å². The molecule has 7 heteroatoms. The van der Waals surface area contributed by atoms with Crippen LogP contribution in [0.5, 0.6) is 0 Å². The van der Waals surface area contributed by atoms with Crippen LogP contribution < -0.4 is 16.0 Å². The molecule has 0 aliphatic carbocycles. The maximum absolute atomic E-state index is 11.5. The summed E-state index contributed by atoms with van der Waals surface area (Å²) in [7, 11) is 1.77. The SMILES string of the molecule is CNCCC(=O)NCC(=O)Nc1ccc(Br)cc1.Cl. The maximum atomic E-state index is 11.5. The molecule has 0 atom stereocenters. The van der Waals surface area contributed by atoms with Crippen molar-refractivity contribution in [3.63, 3.8) is 0 Å². The molecule has 0 aromatic heterocycles. The number of hydrogen-bond donors (Lipinski definition) is 3. The predicted molar refractivity (Wildman–Crippen MR) is 81.6 cm³/mol. The Labute approximate surface area is 127 Å². The van der Waals surface area contributed by atoms with Crippen LogP contribution in [0, 0.1) is 0 Å². The summed E-state index contributed by atoms with van der Waals surface area (Å²) in [5, 5.41) is 8.10. The molecule has 0 spiro atoms. The van der Waals surface area contributed by atoms with Gasteiger partial charge in [0.1, 0.15) is 0 Å². The van der Waals surface area contributed by atoms with Gasteiger partial charge in [-0.15, -0.1) is 12.4 Å². The molecule has 0 aliphatic heterocycles. The van der Waals surface area contributed by atoms with Crippen LogP contribution in [0.1, 0.15) is 6.42 Å². The lowest BCUT2D eigenvalue weighted by Gasteiger charge is -2.07. The third kappa shape index (κ3) is 7.81. The molecule has 0 radical (unpaired) electrons. The van der Waals surface area contributed by atoms with Gasteiger partial charge in [-0.25, -0.2) is 0 Å². The van der Waals surface area contributed by atoms with Crippen LogP contribution in [0.4, 0.5) is 5.69 Å². The molecule has 3 N–H and O–H groups in total. The molecular weight excluding hydrogens is 334 g/mol. The second-order valence-corrected chi connectivity index (χ2v) is 4.60. The molecule has 1 aromatic rings. The first-order chi connectivity index (χ1) is 8.61. The molecule has 0 unspecified atom stereocenters. The zero-order valence-corrected chi connectivity index (χ0v) is 12.9. The van der Waals surface area contributed by atoms with Crippen LogP contribution in [-0.2, 0) is 9.59 Å². The highest BCUT2D eigenvalue weighted by Crippen LogP contribution is 2.13. The van der Waals surface area contributed by atoms with Gasteiger partial charge in [-0.1, -0.05) is 15.9 Å². The molecule has 0 saturated carbocycles. The van der Waals surface area contributed by atoms with Crippen molar-refractivity contribution in [3.05, 3.63) is 28.7 Å². The lowest BCUT2D eigenvalue weighted by molar-refractivity contribution is -0.124. The van der Waals surface area contributed by atoms with Gasteiger partial charge in [-0.05, 0) is 31.3 Å². The number of halogens is 2. The number of benzene rings is 1. The summed E-state index contributed by atoms with van der Waals surface area (Å²) >= 11 is 3.31. The quantitative estimate of drug-likeness (QED) is 0.729.